The summed E-state index contributed by atoms with van der Waals surface area (Å²) in [5.74, 6) is -0.465. The second-order valence-electron chi connectivity index (χ2n) is 5.85. The quantitative estimate of drug-likeness (QED) is 0.768. The average molecular weight is 309 g/mol. The van der Waals surface area contributed by atoms with Gasteiger partial charge in [-0.1, -0.05) is 48.7 Å². The highest BCUT2D eigenvalue weighted by atomic mass is 16.2. The van der Waals surface area contributed by atoms with Gasteiger partial charge in [-0.25, -0.2) is 0 Å². The molecular weight excluding hydrogens is 286 g/mol. The summed E-state index contributed by atoms with van der Waals surface area (Å²) < 4.78 is 0. The van der Waals surface area contributed by atoms with Crippen molar-refractivity contribution in [3.8, 4) is 0 Å². The number of amides is 2. The lowest BCUT2D eigenvalue weighted by atomic mass is 10.1. The molecule has 3 nitrogen and oxygen atoms in total. The van der Waals surface area contributed by atoms with Gasteiger partial charge in [-0.15, -0.1) is 0 Å². The molecule has 0 radical (unpaired) electrons. The molecule has 0 heterocycles. The minimum absolute atomic E-state index is 0.232. The normalized spacial score (nSPS) is 10.4. The maximum Gasteiger partial charge on any atom is 0.260 e. The van der Waals surface area contributed by atoms with Crippen molar-refractivity contribution in [1.29, 1.82) is 0 Å². The zero-order chi connectivity index (χ0) is 16.8. The first kappa shape index (κ1) is 16.9. The Bertz CT molecular complexity index is 614. The Morgan fingerprint density at radius 1 is 0.783 bits per heavy atom. The van der Waals surface area contributed by atoms with Gasteiger partial charge in [0, 0.05) is 17.7 Å². The number of aryl methyl sites for hydroxylation is 2. The van der Waals surface area contributed by atoms with E-state index in [0.717, 1.165) is 24.0 Å². The minimum Gasteiger partial charge on any atom is -0.274 e. The molecule has 2 amide bonds. The topological polar surface area (TPSA) is 37.4 Å². The van der Waals surface area contributed by atoms with E-state index in [1.165, 1.54) is 4.90 Å². The summed E-state index contributed by atoms with van der Waals surface area (Å²) in [6, 6.07) is 14.7. The van der Waals surface area contributed by atoms with Crippen LogP contribution in [-0.2, 0) is 0 Å². The van der Waals surface area contributed by atoms with Crippen LogP contribution >= 0.6 is 0 Å². The summed E-state index contributed by atoms with van der Waals surface area (Å²) in [5, 5.41) is 0. The number of hydrogen-bond acceptors (Lipinski definition) is 2. The van der Waals surface area contributed by atoms with Crippen LogP contribution in [0.2, 0.25) is 0 Å². The van der Waals surface area contributed by atoms with Crippen molar-refractivity contribution in [1.82, 2.24) is 4.90 Å². The summed E-state index contributed by atoms with van der Waals surface area (Å²) >= 11 is 0. The van der Waals surface area contributed by atoms with Gasteiger partial charge < -0.3 is 0 Å². The fourth-order valence-electron chi connectivity index (χ4n) is 2.32. The Labute approximate surface area is 137 Å². The smallest absolute Gasteiger partial charge is 0.260 e. The summed E-state index contributed by atoms with van der Waals surface area (Å²) in [6.45, 7) is 6.43. The van der Waals surface area contributed by atoms with Crippen LogP contribution in [0.25, 0.3) is 0 Å². The van der Waals surface area contributed by atoms with E-state index in [4.69, 9.17) is 0 Å². The molecule has 0 unspecified atom stereocenters. The van der Waals surface area contributed by atoms with Crippen molar-refractivity contribution in [2.45, 2.75) is 33.6 Å². The predicted molar refractivity (Wildman–Crippen MR) is 92.6 cm³/mol. The lowest BCUT2D eigenvalue weighted by Gasteiger charge is -2.21. The largest absolute Gasteiger partial charge is 0.274 e. The van der Waals surface area contributed by atoms with Crippen LogP contribution in [0.15, 0.2) is 48.5 Å². The van der Waals surface area contributed by atoms with Gasteiger partial charge in [0.2, 0.25) is 0 Å². The van der Waals surface area contributed by atoms with E-state index in [9.17, 15) is 9.59 Å². The first-order valence-electron chi connectivity index (χ1n) is 8.02. The van der Waals surface area contributed by atoms with Gasteiger partial charge in [0.05, 0.1) is 0 Å². The molecule has 0 saturated carbocycles. The number of nitrogens with zero attached hydrogens (tertiary/aromatic N) is 1. The highest BCUT2D eigenvalue weighted by Crippen LogP contribution is 2.13. The van der Waals surface area contributed by atoms with Crippen LogP contribution in [0, 0.1) is 13.8 Å². The Balaban J connectivity index is 2.28. The van der Waals surface area contributed by atoms with Gasteiger partial charge in [-0.2, -0.15) is 0 Å². The Hall–Kier alpha value is -2.42. The van der Waals surface area contributed by atoms with Crippen LogP contribution in [0.5, 0.6) is 0 Å². The van der Waals surface area contributed by atoms with E-state index in [0.29, 0.717) is 17.7 Å². The van der Waals surface area contributed by atoms with Crippen molar-refractivity contribution in [2.75, 3.05) is 6.54 Å². The highest BCUT2D eigenvalue weighted by Gasteiger charge is 2.23. The molecule has 2 aromatic rings. The Kier molecular flexibility index (Phi) is 5.69. The number of carbonyl (C=O) groups excluding carboxylic acids is 2. The first-order valence-corrected chi connectivity index (χ1v) is 8.02. The molecule has 0 atom stereocenters. The summed E-state index contributed by atoms with van der Waals surface area (Å²) in [5.41, 5.74) is 3.28. The van der Waals surface area contributed by atoms with Crippen molar-refractivity contribution < 1.29 is 9.59 Å². The molecule has 0 saturated heterocycles. The lowest BCUT2D eigenvalue weighted by Crippen LogP contribution is -2.37. The van der Waals surface area contributed by atoms with Gasteiger partial charge in [0.25, 0.3) is 11.8 Å². The maximum absolute atomic E-state index is 12.7. The standard InChI is InChI=1S/C20H23NO2/c1-4-5-14-21(19(22)17-10-6-15(2)7-11-17)20(23)18-12-8-16(3)9-13-18/h6-13H,4-5,14H2,1-3H3. The second-order valence-corrected chi connectivity index (χ2v) is 5.85. The van der Waals surface area contributed by atoms with Crippen LogP contribution < -0.4 is 0 Å². The Morgan fingerprint density at radius 3 is 1.52 bits per heavy atom. The minimum atomic E-state index is -0.232. The predicted octanol–water partition coefficient (Wildman–Crippen LogP) is 4.39. The van der Waals surface area contributed by atoms with E-state index in [2.05, 4.69) is 0 Å². The molecule has 0 aliphatic rings. The van der Waals surface area contributed by atoms with E-state index in [-0.39, 0.29) is 11.8 Å². The number of unbranched alkanes of at least 4 members (excludes halogenated alkanes) is 1. The van der Waals surface area contributed by atoms with Gasteiger partial charge in [0.15, 0.2) is 0 Å². The molecule has 0 fully saturated rings. The van der Waals surface area contributed by atoms with Crippen LogP contribution in [-0.4, -0.2) is 23.3 Å². The Morgan fingerprint density at radius 2 is 1.17 bits per heavy atom. The lowest BCUT2D eigenvalue weighted by molar-refractivity contribution is 0.0614. The van der Waals surface area contributed by atoms with Gasteiger partial charge >= 0.3 is 0 Å². The fraction of sp³-hybridized carbons (Fsp3) is 0.300. The van der Waals surface area contributed by atoms with Gasteiger partial charge in [0.1, 0.15) is 0 Å². The monoisotopic (exact) mass is 309 g/mol. The number of carbonyl (C=O) groups is 2. The van der Waals surface area contributed by atoms with Gasteiger partial charge in [-0.05, 0) is 44.5 Å². The molecule has 2 aromatic carbocycles. The SMILES string of the molecule is CCCCN(C(=O)c1ccc(C)cc1)C(=O)c1ccc(C)cc1. The molecule has 0 N–H and O–H groups in total. The molecule has 120 valence electrons. The van der Waals surface area contributed by atoms with E-state index < -0.39 is 0 Å². The van der Waals surface area contributed by atoms with Crippen LogP contribution in [0.1, 0.15) is 51.6 Å². The second kappa shape index (κ2) is 7.73. The van der Waals surface area contributed by atoms with Crippen molar-refractivity contribution in [3.63, 3.8) is 0 Å². The molecular formula is C20H23NO2. The van der Waals surface area contributed by atoms with E-state index in [1.807, 2.05) is 45.0 Å². The molecule has 0 bridgehead atoms. The van der Waals surface area contributed by atoms with E-state index >= 15 is 0 Å². The van der Waals surface area contributed by atoms with Crippen molar-refractivity contribution in [2.24, 2.45) is 0 Å². The maximum atomic E-state index is 12.7. The summed E-state index contributed by atoms with van der Waals surface area (Å²) in [4.78, 5) is 26.9. The van der Waals surface area contributed by atoms with Gasteiger partial charge in [-0.3, -0.25) is 14.5 Å². The molecule has 0 aliphatic carbocycles. The summed E-state index contributed by atoms with van der Waals surface area (Å²) in [6.07, 6.45) is 1.73. The number of rotatable bonds is 5. The first-order chi connectivity index (χ1) is 11.0. The zero-order valence-electron chi connectivity index (χ0n) is 14.0. The van der Waals surface area contributed by atoms with Crippen LogP contribution in [0.4, 0.5) is 0 Å². The van der Waals surface area contributed by atoms with Crippen molar-refractivity contribution >= 4 is 11.8 Å². The third-order valence-corrected chi connectivity index (χ3v) is 3.82. The molecule has 0 spiro atoms. The summed E-state index contributed by atoms with van der Waals surface area (Å²) in [7, 11) is 0. The fourth-order valence-corrected chi connectivity index (χ4v) is 2.32. The zero-order valence-corrected chi connectivity index (χ0v) is 14.0. The van der Waals surface area contributed by atoms with Crippen molar-refractivity contribution in [3.05, 3.63) is 70.8 Å². The third-order valence-electron chi connectivity index (χ3n) is 3.82. The number of imide groups is 1. The highest BCUT2D eigenvalue weighted by molar-refractivity contribution is 6.10. The molecule has 23 heavy (non-hydrogen) atoms. The molecule has 0 aliphatic heterocycles. The van der Waals surface area contributed by atoms with Crippen LogP contribution in [0.3, 0.4) is 0 Å². The molecule has 3 heteroatoms. The number of hydrogen-bond donors (Lipinski definition) is 0. The van der Waals surface area contributed by atoms with E-state index in [1.54, 1.807) is 24.3 Å². The average Bonchev–Trinajstić information content (AvgIpc) is 2.56. The number of benzene rings is 2. The molecule has 2 rings (SSSR count). The third kappa shape index (κ3) is 4.28. The molecule has 0 aromatic heterocycles.